The van der Waals surface area contributed by atoms with Gasteiger partial charge in [0.15, 0.2) is 0 Å². The van der Waals surface area contributed by atoms with Crippen molar-refractivity contribution < 1.29 is 4.39 Å². The maximum atomic E-state index is 14.2. The van der Waals surface area contributed by atoms with Crippen molar-refractivity contribution in [3.05, 3.63) is 85.7 Å². The van der Waals surface area contributed by atoms with Gasteiger partial charge in [-0.1, -0.05) is 36.0 Å². The molecule has 1 aromatic carbocycles. The maximum Gasteiger partial charge on any atom is 0.147 e. The molecule has 4 nitrogen and oxygen atoms in total. The number of rotatable bonds is 6. The highest BCUT2D eigenvalue weighted by Gasteiger charge is 2.23. The van der Waals surface area contributed by atoms with Crippen LogP contribution in [0.5, 0.6) is 0 Å². The zero-order chi connectivity index (χ0) is 22.1. The van der Waals surface area contributed by atoms with E-state index in [-0.39, 0.29) is 5.82 Å². The Kier molecular flexibility index (Phi) is 6.27. The number of hydrogen-bond donors (Lipinski definition) is 3. The minimum atomic E-state index is -0.232. The van der Waals surface area contributed by atoms with Crippen molar-refractivity contribution >= 4 is 56.2 Å². The van der Waals surface area contributed by atoms with Crippen LogP contribution in [0.25, 0.3) is 15.8 Å². The topological polar surface area (TPSA) is 66.2 Å². The summed E-state index contributed by atoms with van der Waals surface area (Å²) in [5.74, 6) is 0.323. The second kappa shape index (κ2) is 8.94. The SMILES string of the molecule is C=C/N=C1/C=C(c2ccc(Cl)s2)S/C1=C(/N)NCCc1c(C)[nH]c2c(F)ccc(C)c12. The highest BCUT2D eigenvalue weighted by molar-refractivity contribution is 8.13. The summed E-state index contributed by atoms with van der Waals surface area (Å²) >= 11 is 9.17. The summed E-state index contributed by atoms with van der Waals surface area (Å²) in [5.41, 5.74) is 10.9. The van der Waals surface area contributed by atoms with Crippen molar-refractivity contribution in [2.75, 3.05) is 6.54 Å². The molecule has 0 spiro atoms. The zero-order valence-corrected chi connectivity index (χ0v) is 19.6. The second-order valence-corrected chi connectivity index (χ2v) is 9.94. The first-order chi connectivity index (χ1) is 14.9. The van der Waals surface area contributed by atoms with Crippen LogP contribution in [0.3, 0.4) is 0 Å². The molecule has 3 heterocycles. The Labute approximate surface area is 193 Å². The summed E-state index contributed by atoms with van der Waals surface area (Å²) in [7, 11) is 0. The fraction of sp³-hybridized carbons (Fsp3) is 0.174. The van der Waals surface area contributed by atoms with E-state index >= 15 is 0 Å². The number of allylic oxidation sites excluding steroid dienone is 2. The van der Waals surface area contributed by atoms with E-state index in [1.165, 1.54) is 23.6 Å². The lowest BCUT2D eigenvalue weighted by molar-refractivity contribution is 0.637. The normalized spacial score (nSPS) is 16.8. The molecule has 0 unspecified atom stereocenters. The molecule has 160 valence electrons. The number of thiophene rings is 1. The second-order valence-electron chi connectivity index (χ2n) is 7.17. The van der Waals surface area contributed by atoms with Crippen molar-refractivity contribution in [3.63, 3.8) is 0 Å². The van der Waals surface area contributed by atoms with Gasteiger partial charge in [0, 0.05) is 33.6 Å². The summed E-state index contributed by atoms with van der Waals surface area (Å²) in [6.45, 7) is 8.29. The third kappa shape index (κ3) is 4.31. The lowest BCUT2D eigenvalue weighted by atomic mass is 10.0. The molecule has 0 saturated heterocycles. The number of hydrogen-bond acceptors (Lipinski definition) is 5. The fourth-order valence-corrected chi connectivity index (χ4v) is 5.86. The van der Waals surface area contributed by atoms with Gasteiger partial charge < -0.3 is 16.0 Å². The first-order valence-electron chi connectivity index (χ1n) is 9.73. The molecule has 4 rings (SSSR count). The molecule has 8 heteroatoms. The molecule has 3 aromatic rings. The monoisotopic (exact) mass is 472 g/mol. The third-order valence-corrected chi connectivity index (χ3v) is 7.71. The number of H-pyrrole nitrogens is 1. The molecule has 0 fully saturated rings. The Morgan fingerprint density at radius 1 is 1.32 bits per heavy atom. The first-order valence-corrected chi connectivity index (χ1v) is 11.7. The van der Waals surface area contributed by atoms with Crippen LogP contribution in [-0.2, 0) is 6.42 Å². The van der Waals surface area contributed by atoms with Crippen LogP contribution in [0.4, 0.5) is 4.39 Å². The van der Waals surface area contributed by atoms with Gasteiger partial charge in [0.25, 0.3) is 0 Å². The van der Waals surface area contributed by atoms with E-state index in [4.69, 9.17) is 17.3 Å². The molecule has 0 atom stereocenters. The highest BCUT2D eigenvalue weighted by Crippen LogP contribution is 2.44. The molecular formula is C23H22ClFN4S2. The first kappa shape index (κ1) is 21.7. The average molecular weight is 473 g/mol. The molecule has 31 heavy (non-hydrogen) atoms. The minimum Gasteiger partial charge on any atom is -0.385 e. The average Bonchev–Trinajstić information content (AvgIpc) is 3.43. The molecule has 1 aliphatic rings. The van der Waals surface area contributed by atoms with E-state index in [2.05, 4.69) is 21.9 Å². The molecule has 4 N–H and O–H groups in total. The van der Waals surface area contributed by atoms with E-state index in [0.717, 1.165) is 46.9 Å². The Morgan fingerprint density at radius 2 is 2.13 bits per heavy atom. The number of nitrogens with zero attached hydrogens (tertiary/aromatic N) is 1. The summed E-state index contributed by atoms with van der Waals surface area (Å²) in [4.78, 5) is 10.5. The Morgan fingerprint density at radius 3 is 2.84 bits per heavy atom. The number of fused-ring (bicyclic) bond motifs is 1. The number of aliphatic imine (C=N–C) groups is 1. The molecule has 0 amide bonds. The molecule has 1 aliphatic heterocycles. The van der Waals surface area contributed by atoms with Crippen LogP contribution in [0.2, 0.25) is 4.34 Å². The minimum absolute atomic E-state index is 0.232. The number of aryl methyl sites for hydroxylation is 2. The fourth-order valence-electron chi connectivity index (χ4n) is 3.69. The van der Waals surface area contributed by atoms with Crippen molar-refractivity contribution in [3.8, 4) is 0 Å². The predicted octanol–water partition coefficient (Wildman–Crippen LogP) is 6.27. The van der Waals surface area contributed by atoms with Gasteiger partial charge in [-0.25, -0.2) is 4.39 Å². The number of benzene rings is 1. The molecular weight excluding hydrogens is 451 g/mol. The number of nitrogens with one attached hydrogen (secondary N) is 2. The van der Waals surface area contributed by atoms with Crippen LogP contribution in [0.15, 0.2) is 58.8 Å². The summed E-state index contributed by atoms with van der Waals surface area (Å²) in [6, 6.07) is 7.19. The molecule has 0 aliphatic carbocycles. The van der Waals surface area contributed by atoms with Crippen molar-refractivity contribution in [2.24, 2.45) is 10.7 Å². The van der Waals surface area contributed by atoms with Crippen LogP contribution >= 0.6 is 34.7 Å². The number of aromatic nitrogens is 1. The summed E-state index contributed by atoms with van der Waals surface area (Å²) < 4.78 is 14.9. The Bertz CT molecular complexity index is 1270. The number of nitrogens with two attached hydrogens (primary N) is 1. The van der Waals surface area contributed by atoms with Gasteiger partial charge in [0.1, 0.15) is 11.6 Å². The quantitative estimate of drug-likeness (QED) is 0.396. The summed E-state index contributed by atoms with van der Waals surface area (Å²) in [5, 5.41) is 4.26. The summed E-state index contributed by atoms with van der Waals surface area (Å²) in [6.07, 6.45) is 4.22. The van der Waals surface area contributed by atoms with Gasteiger partial charge in [-0.05, 0) is 55.7 Å². The van der Waals surface area contributed by atoms with Crippen LogP contribution < -0.4 is 11.1 Å². The molecule has 2 aromatic heterocycles. The maximum absolute atomic E-state index is 14.2. The van der Waals surface area contributed by atoms with Crippen molar-refractivity contribution in [1.82, 2.24) is 10.3 Å². The van der Waals surface area contributed by atoms with Gasteiger partial charge >= 0.3 is 0 Å². The zero-order valence-electron chi connectivity index (χ0n) is 17.2. The Balaban J connectivity index is 1.53. The van der Waals surface area contributed by atoms with Gasteiger partial charge in [-0.2, -0.15) is 0 Å². The lowest BCUT2D eigenvalue weighted by Crippen LogP contribution is -2.25. The molecule has 0 saturated carbocycles. The van der Waals surface area contributed by atoms with E-state index in [9.17, 15) is 4.39 Å². The van der Waals surface area contributed by atoms with E-state index < -0.39 is 0 Å². The predicted molar refractivity (Wildman–Crippen MR) is 133 cm³/mol. The standard InChI is InChI=1S/C23H22ClFN4S2/c1-4-27-16-11-18(17-7-8-19(24)30-17)31-22(16)23(26)28-10-9-14-13(3)29-21-15(25)6-5-12(2)20(14)21/h4-8,11,28-29H,1,9-10,26H2,2-3H3/b23-22-,27-16-. The van der Waals surface area contributed by atoms with Crippen LogP contribution in [-0.4, -0.2) is 17.2 Å². The number of aromatic amines is 1. The molecule has 0 radical (unpaired) electrons. The number of halogens is 2. The van der Waals surface area contributed by atoms with E-state index in [1.807, 2.05) is 38.1 Å². The smallest absolute Gasteiger partial charge is 0.147 e. The van der Waals surface area contributed by atoms with Gasteiger partial charge in [-0.3, -0.25) is 4.99 Å². The van der Waals surface area contributed by atoms with Gasteiger partial charge in [0.05, 0.1) is 20.5 Å². The third-order valence-electron chi connectivity index (χ3n) is 5.12. The highest BCUT2D eigenvalue weighted by atomic mass is 35.5. The van der Waals surface area contributed by atoms with Crippen molar-refractivity contribution in [2.45, 2.75) is 20.3 Å². The van der Waals surface area contributed by atoms with Gasteiger partial charge in [-0.15, -0.1) is 11.3 Å². The van der Waals surface area contributed by atoms with Crippen LogP contribution in [0, 0.1) is 19.7 Å². The van der Waals surface area contributed by atoms with E-state index in [1.54, 1.807) is 11.8 Å². The number of thioether (sulfide) groups is 1. The van der Waals surface area contributed by atoms with Crippen molar-refractivity contribution in [1.29, 1.82) is 0 Å². The molecule has 0 bridgehead atoms. The lowest BCUT2D eigenvalue weighted by Gasteiger charge is -2.11. The van der Waals surface area contributed by atoms with Crippen LogP contribution in [0.1, 0.15) is 21.7 Å². The van der Waals surface area contributed by atoms with E-state index in [0.29, 0.717) is 24.3 Å². The Hall–Kier alpha value is -2.48. The largest absolute Gasteiger partial charge is 0.385 e. The van der Waals surface area contributed by atoms with Gasteiger partial charge in [0.2, 0.25) is 0 Å².